The van der Waals surface area contributed by atoms with Crippen molar-refractivity contribution in [1.82, 2.24) is 0 Å². The van der Waals surface area contributed by atoms with Crippen molar-refractivity contribution in [2.45, 2.75) is 20.8 Å². The molecule has 11 heavy (non-hydrogen) atoms. The van der Waals surface area contributed by atoms with Gasteiger partial charge in [0.1, 0.15) is 0 Å². The van der Waals surface area contributed by atoms with Crippen LogP contribution in [0.5, 0.6) is 0 Å². The maximum Gasteiger partial charge on any atom is 0.0471 e. The fourth-order valence-corrected chi connectivity index (χ4v) is 0.676. The number of nitrogens with zero attached hydrogens (tertiary/aromatic N) is 1. The van der Waals surface area contributed by atoms with Crippen molar-refractivity contribution in [3.05, 3.63) is 25.1 Å². The van der Waals surface area contributed by atoms with Crippen LogP contribution in [0.15, 0.2) is 30.0 Å². The molecule has 2 nitrogen and oxygen atoms in total. The van der Waals surface area contributed by atoms with E-state index in [0.29, 0.717) is 0 Å². The van der Waals surface area contributed by atoms with E-state index in [4.69, 9.17) is 5.73 Å². The lowest BCUT2D eigenvalue weighted by atomic mass is 9.90. The lowest BCUT2D eigenvalue weighted by molar-refractivity contribution is 0.594. The molecule has 0 saturated heterocycles. The van der Waals surface area contributed by atoms with Gasteiger partial charge in [0, 0.05) is 17.3 Å². The monoisotopic (exact) mass is 152 g/mol. The highest BCUT2D eigenvalue weighted by molar-refractivity contribution is 5.99. The van der Waals surface area contributed by atoms with Crippen molar-refractivity contribution >= 4 is 5.71 Å². The Balaban J connectivity index is 4.61. The average molecular weight is 152 g/mol. The Kier molecular flexibility index (Phi) is 3.58. The van der Waals surface area contributed by atoms with E-state index in [2.05, 4.69) is 32.3 Å². The second-order valence-electron chi connectivity index (χ2n) is 3.31. The first-order valence-electron chi connectivity index (χ1n) is 3.60. The molecule has 0 spiro atoms. The summed E-state index contributed by atoms with van der Waals surface area (Å²) in [6.07, 6.45) is 4.82. The molecule has 0 aliphatic carbocycles. The number of nitrogens with two attached hydrogens (primary N) is 1. The molecule has 0 rings (SSSR count). The lowest BCUT2D eigenvalue weighted by Crippen LogP contribution is -2.18. The second kappa shape index (κ2) is 3.96. The van der Waals surface area contributed by atoms with E-state index in [1.54, 1.807) is 6.08 Å². The van der Waals surface area contributed by atoms with Gasteiger partial charge >= 0.3 is 0 Å². The zero-order chi connectivity index (χ0) is 8.91. The predicted octanol–water partition coefficient (Wildman–Crippen LogP) is 2.09. The van der Waals surface area contributed by atoms with Crippen LogP contribution in [0.25, 0.3) is 0 Å². The standard InChI is InChI=1S/C9H16N2/c1-5-11-8(6-7-10)9(2,3)4/h5-7H,1,10H2,2-4H3/b7-6-,11-8?. The summed E-state index contributed by atoms with van der Waals surface area (Å²) in [7, 11) is 0. The molecule has 2 N–H and O–H groups in total. The van der Waals surface area contributed by atoms with Crippen molar-refractivity contribution in [3.63, 3.8) is 0 Å². The molecule has 0 aliphatic heterocycles. The van der Waals surface area contributed by atoms with Crippen LogP contribution in [0.2, 0.25) is 0 Å². The fraction of sp³-hybridized carbons (Fsp3) is 0.444. The molecule has 0 radical (unpaired) electrons. The summed E-state index contributed by atoms with van der Waals surface area (Å²) in [5, 5.41) is 0. The number of hydrogen-bond acceptors (Lipinski definition) is 2. The SMILES string of the molecule is C=CN=C(/C=C\N)C(C)(C)C. The average Bonchev–Trinajstić information content (AvgIpc) is 1.85. The maximum atomic E-state index is 5.26. The topological polar surface area (TPSA) is 38.4 Å². The first kappa shape index (κ1) is 9.95. The van der Waals surface area contributed by atoms with Gasteiger partial charge in [0.2, 0.25) is 0 Å². The minimum absolute atomic E-state index is 0.0318. The third kappa shape index (κ3) is 3.61. The number of allylic oxidation sites excluding steroid dienone is 1. The second-order valence-corrected chi connectivity index (χ2v) is 3.31. The highest BCUT2D eigenvalue weighted by Gasteiger charge is 2.15. The van der Waals surface area contributed by atoms with Crippen molar-refractivity contribution < 1.29 is 0 Å². The zero-order valence-corrected chi connectivity index (χ0v) is 7.46. The highest BCUT2D eigenvalue weighted by Crippen LogP contribution is 2.16. The van der Waals surface area contributed by atoms with Crippen molar-refractivity contribution in [2.24, 2.45) is 16.1 Å². The Labute approximate surface area is 68.5 Å². The molecule has 0 fully saturated rings. The maximum absolute atomic E-state index is 5.26. The van der Waals surface area contributed by atoms with Crippen molar-refractivity contribution in [3.8, 4) is 0 Å². The largest absolute Gasteiger partial charge is 0.405 e. The van der Waals surface area contributed by atoms with Gasteiger partial charge in [-0.15, -0.1) is 0 Å². The molecular formula is C9H16N2. The molecule has 0 aliphatic rings. The minimum Gasteiger partial charge on any atom is -0.405 e. The van der Waals surface area contributed by atoms with Gasteiger partial charge in [0.05, 0.1) is 0 Å². The zero-order valence-electron chi connectivity index (χ0n) is 7.46. The summed E-state index contributed by atoms with van der Waals surface area (Å²) in [6.45, 7) is 9.77. The van der Waals surface area contributed by atoms with Crippen LogP contribution in [0.4, 0.5) is 0 Å². The van der Waals surface area contributed by atoms with Crippen LogP contribution in [0.1, 0.15) is 20.8 Å². The molecule has 0 amide bonds. The fourth-order valence-electron chi connectivity index (χ4n) is 0.676. The van der Waals surface area contributed by atoms with Gasteiger partial charge in [0.15, 0.2) is 0 Å². The molecule has 0 saturated carbocycles. The van der Waals surface area contributed by atoms with Crippen LogP contribution in [-0.2, 0) is 0 Å². The molecule has 62 valence electrons. The van der Waals surface area contributed by atoms with Crippen LogP contribution in [0.3, 0.4) is 0 Å². The Bertz CT molecular complexity index is 182. The molecular weight excluding hydrogens is 136 g/mol. The highest BCUT2D eigenvalue weighted by atomic mass is 14.7. The van der Waals surface area contributed by atoms with Crippen LogP contribution in [-0.4, -0.2) is 5.71 Å². The third-order valence-corrected chi connectivity index (χ3v) is 1.25. The molecule has 0 heterocycles. The summed E-state index contributed by atoms with van der Waals surface area (Å²) in [5.41, 5.74) is 6.23. The molecule has 0 atom stereocenters. The van der Waals surface area contributed by atoms with E-state index in [0.717, 1.165) is 5.71 Å². The molecule has 0 bridgehead atoms. The molecule has 2 heteroatoms. The van der Waals surface area contributed by atoms with Crippen molar-refractivity contribution in [2.75, 3.05) is 0 Å². The van der Waals surface area contributed by atoms with E-state index in [9.17, 15) is 0 Å². The van der Waals surface area contributed by atoms with Crippen LogP contribution < -0.4 is 5.73 Å². The summed E-state index contributed by atoms with van der Waals surface area (Å²) >= 11 is 0. The van der Waals surface area contributed by atoms with Gasteiger partial charge in [0.25, 0.3) is 0 Å². The Morgan fingerprint density at radius 3 is 2.27 bits per heavy atom. The van der Waals surface area contributed by atoms with Gasteiger partial charge in [-0.25, -0.2) is 0 Å². The first-order valence-corrected chi connectivity index (χ1v) is 3.60. The first-order chi connectivity index (χ1) is 5.02. The van der Waals surface area contributed by atoms with Crippen molar-refractivity contribution in [1.29, 1.82) is 0 Å². The van der Waals surface area contributed by atoms with Gasteiger partial charge < -0.3 is 5.73 Å². The van der Waals surface area contributed by atoms with E-state index in [1.165, 1.54) is 12.4 Å². The van der Waals surface area contributed by atoms with Gasteiger partial charge in [-0.05, 0) is 12.3 Å². The van der Waals surface area contributed by atoms with E-state index >= 15 is 0 Å². The van der Waals surface area contributed by atoms with E-state index in [1.807, 2.05) is 0 Å². The van der Waals surface area contributed by atoms with Gasteiger partial charge in [-0.2, -0.15) is 0 Å². The Hall–Kier alpha value is -1.05. The predicted molar refractivity (Wildman–Crippen MR) is 50.4 cm³/mol. The smallest absolute Gasteiger partial charge is 0.0471 e. The Morgan fingerprint density at radius 2 is 2.00 bits per heavy atom. The summed E-state index contributed by atoms with van der Waals surface area (Å²) in [6, 6.07) is 0. The molecule has 0 aromatic carbocycles. The molecule has 0 aromatic rings. The van der Waals surface area contributed by atoms with Gasteiger partial charge in [-0.3, -0.25) is 4.99 Å². The van der Waals surface area contributed by atoms with Gasteiger partial charge in [-0.1, -0.05) is 27.4 Å². The third-order valence-electron chi connectivity index (χ3n) is 1.25. The normalized spacial score (nSPS) is 13.9. The number of aliphatic imine (C=N–C) groups is 1. The lowest BCUT2D eigenvalue weighted by Gasteiger charge is -2.17. The van der Waals surface area contributed by atoms with Crippen LogP contribution in [0, 0.1) is 5.41 Å². The van der Waals surface area contributed by atoms with E-state index in [-0.39, 0.29) is 5.41 Å². The molecule has 0 unspecified atom stereocenters. The minimum atomic E-state index is 0.0318. The number of rotatable bonds is 2. The summed E-state index contributed by atoms with van der Waals surface area (Å²) in [4.78, 5) is 4.10. The summed E-state index contributed by atoms with van der Waals surface area (Å²) in [5.74, 6) is 0. The van der Waals surface area contributed by atoms with E-state index < -0.39 is 0 Å². The number of hydrogen-bond donors (Lipinski definition) is 1. The van der Waals surface area contributed by atoms with Crippen LogP contribution >= 0.6 is 0 Å². The molecule has 0 aromatic heterocycles. The Morgan fingerprint density at radius 1 is 1.45 bits per heavy atom. The summed E-state index contributed by atoms with van der Waals surface area (Å²) < 4.78 is 0. The quantitative estimate of drug-likeness (QED) is 0.604.